The molecule has 14 heavy (non-hydrogen) atoms. The van der Waals surface area contributed by atoms with Crippen LogP contribution >= 0.6 is 0 Å². The van der Waals surface area contributed by atoms with Crippen molar-refractivity contribution in [1.82, 2.24) is 4.98 Å². The Balaban J connectivity index is 2.42. The molecule has 4 N–H and O–H groups in total. The standard InChI is InChI=1S/C8H12F2N4/c9-6(10)4-5-12-7-2-1-3-8(13-7)14-11/h1-3,6H,4-5,11H2,(H2,12,13,14). The van der Waals surface area contributed by atoms with Crippen molar-refractivity contribution in [2.75, 3.05) is 17.3 Å². The number of halogens is 2. The van der Waals surface area contributed by atoms with Gasteiger partial charge in [-0.1, -0.05) is 6.07 Å². The maximum atomic E-state index is 11.8. The average Bonchev–Trinajstić information content (AvgIpc) is 2.18. The number of nitrogen functional groups attached to an aromatic ring is 1. The Morgan fingerprint density at radius 2 is 2.07 bits per heavy atom. The zero-order valence-corrected chi connectivity index (χ0v) is 7.50. The third-order valence-electron chi connectivity index (χ3n) is 1.57. The van der Waals surface area contributed by atoms with Gasteiger partial charge < -0.3 is 10.7 Å². The summed E-state index contributed by atoms with van der Waals surface area (Å²) in [4.78, 5) is 4.00. The summed E-state index contributed by atoms with van der Waals surface area (Å²) in [5.41, 5.74) is 2.37. The fourth-order valence-corrected chi connectivity index (χ4v) is 0.923. The first-order valence-corrected chi connectivity index (χ1v) is 4.18. The van der Waals surface area contributed by atoms with Crippen molar-refractivity contribution in [1.29, 1.82) is 0 Å². The van der Waals surface area contributed by atoms with Gasteiger partial charge in [0.15, 0.2) is 0 Å². The molecule has 0 saturated heterocycles. The van der Waals surface area contributed by atoms with Gasteiger partial charge in [0, 0.05) is 13.0 Å². The molecular formula is C8H12F2N4. The molecule has 6 heteroatoms. The minimum absolute atomic E-state index is 0.192. The number of nitrogens with zero attached hydrogens (tertiary/aromatic N) is 1. The average molecular weight is 202 g/mol. The molecule has 0 aliphatic carbocycles. The molecule has 0 amide bonds. The number of aromatic nitrogens is 1. The minimum Gasteiger partial charge on any atom is -0.370 e. The van der Waals surface area contributed by atoms with Crippen LogP contribution < -0.4 is 16.6 Å². The van der Waals surface area contributed by atoms with Gasteiger partial charge in [0.2, 0.25) is 6.43 Å². The summed E-state index contributed by atoms with van der Waals surface area (Å²) in [6.07, 6.45) is -2.49. The van der Waals surface area contributed by atoms with Crippen LogP contribution in [0.5, 0.6) is 0 Å². The number of hydrazine groups is 1. The number of nitrogens with two attached hydrogens (primary N) is 1. The third-order valence-corrected chi connectivity index (χ3v) is 1.57. The van der Waals surface area contributed by atoms with Crippen molar-refractivity contribution in [3.63, 3.8) is 0 Å². The molecule has 0 radical (unpaired) electrons. The molecule has 0 bridgehead atoms. The highest BCUT2D eigenvalue weighted by Crippen LogP contribution is 2.08. The Morgan fingerprint density at radius 3 is 2.71 bits per heavy atom. The Bertz CT molecular complexity index is 280. The zero-order valence-electron chi connectivity index (χ0n) is 7.50. The molecule has 1 aromatic heterocycles. The number of hydrogen-bond acceptors (Lipinski definition) is 4. The quantitative estimate of drug-likeness (QED) is 0.499. The molecule has 0 saturated carbocycles. The normalized spacial score (nSPS) is 10.3. The van der Waals surface area contributed by atoms with Crippen LogP contribution in [0.2, 0.25) is 0 Å². The van der Waals surface area contributed by atoms with Gasteiger partial charge in [-0.2, -0.15) is 0 Å². The molecular weight excluding hydrogens is 190 g/mol. The smallest absolute Gasteiger partial charge is 0.240 e. The number of rotatable bonds is 5. The van der Waals surface area contributed by atoms with Gasteiger partial charge in [-0.05, 0) is 12.1 Å². The van der Waals surface area contributed by atoms with Crippen LogP contribution in [0.4, 0.5) is 20.4 Å². The second-order valence-corrected chi connectivity index (χ2v) is 2.66. The molecule has 0 atom stereocenters. The first kappa shape index (κ1) is 10.6. The molecule has 1 aromatic rings. The van der Waals surface area contributed by atoms with Crippen LogP contribution in [0, 0.1) is 0 Å². The van der Waals surface area contributed by atoms with Gasteiger partial charge in [0.1, 0.15) is 11.6 Å². The fraction of sp³-hybridized carbons (Fsp3) is 0.375. The van der Waals surface area contributed by atoms with Crippen LogP contribution in [0.25, 0.3) is 0 Å². The maximum absolute atomic E-state index is 11.8. The van der Waals surface area contributed by atoms with E-state index in [2.05, 4.69) is 15.7 Å². The van der Waals surface area contributed by atoms with Crippen molar-refractivity contribution in [2.24, 2.45) is 5.84 Å². The van der Waals surface area contributed by atoms with Crippen molar-refractivity contribution in [2.45, 2.75) is 12.8 Å². The van der Waals surface area contributed by atoms with E-state index in [0.29, 0.717) is 11.6 Å². The van der Waals surface area contributed by atoms with Crippen LogP contribution in [-0.4, -0.2) is 18.0 Å². The molecule has 1 rings (SSSR count). The number of alkyl halides is 2. The van der Waals surface area contributed by atoms with E-state index in [4.69, 9.17) is 5.84 Å². The predicted molar refractivity (Wildman–Crippen MR) is 51.2 cm³/mol. The number of nitrogens with one attached hydrogen (secondary N) is 2. The van der Waals surface area contributed by atoms with E-state index < -0.39 is 6.43 Å². The van der Waals surface area contributed by atoms with Crippen LogP contribution in [-0.2, 0) is 0 Å². The summed E-state index contributed by atoms with van der Waals surface area (Å²) in [5, 5.41) is 2.76. The molecule has 0 unspecified atom stereocenters. The molecule has 0 aliphatic heterocycles. The first-order chi connectivity index (χ1) is 6.72. The highest BCUT2D eigenvalue weighted by molar-refractivity contribution is 5.44. The van der Waals surface area contributed by atoms with Crippen molar-refractivity contribution < 1.29 is 8.78 Å². The molecule has 1 heterocycles. The third kappa shape index (κ3) is 3.53. The molecule has 0 aromatic carbocycles. The van der Waals surface area contributed by atoms with Crippen LogP contribution in [0.15, 0.2) is 18.2 Å². The highest BCUT2D eigenvalue weighted by atomic mass is 19.3. The topological polar surface area (TPSA) is 63.0 Å². The minimum atomic E-state index is -2.29. The molecule has 4 nitrogen and oxygen atoms in total. The van der Waals surface area contributed by atoms with Crippen molar-refractivity contribution in [3.8, 4) is 0 Å². The lowest BCUT2D eigenvalue weighted by molar-refractivity contribution is 0.142. The Labute approximate surface area is 80.5 Å². The molecule has 78 valence electrons. The highest BCUT2D eigenvalue weighted by Gasteiger charge is 2.01. The second kappa shape index (κ2) is 5.33. The largest absolute Gasteiger partial charge is 0.370 e. The van der Waals surface area contributed by atoms with E-state index in [1.54, 1.807) is 18.2 Å². The van der Waals surface area contributed by atoms with E-state index in [0.717, 1.165) is 0 Å². The first-order valence-electron chi connectivity index (χ1n) is 4.18. The van der Waals surface area contributed by atoms with Gasteiger partial charge in [0.25, 0.3) is 0 Å². The predicted octanol–water partition coefficient (Wildman–Crippen LogP) is 1.43. The summed E-state index contributed by atoms with van der Waals surface area (Å²) in [5.74, 6) is 6.16. The SMILES string of the molecule is NNc1cccc(NCCC(F)F)n1. The van der Waals surface area contributed by atoms with E-state index in [9.17, 15) is 8.78 Å². The van der Waals surface area contributed by atoms with Gasteiger partial charge in [-0.3, -0.25) is 0 Å². The van der Waals surface area contributed by atoms with E-state index in [-0.39, 0.29) is 13.0 Å². The van der Waals surface area contributed by atoms with E-state index in [1.165, 1.54) is 0 Å². The number of anilines is 2. The van der Waals surface area contributed by atoms with Crippen molar-refractivity contribution >= 4 is 11.6 Å². The Hall–Kier alpha value is -1.43. The van der Waals surface area contributed by atoms with Gasteiger partial charge >= 0.3 is 0 Å². The van der Waals surface area contributed by atoms with Gasteiger partial charge in [0.05, 0.1) is 0 Å². The lowest BCUT2D eigenvalue weighted by atomic mass is 10.4. The van der Waals surface area contributed by atoms with E-state index >= 15 is 0 Å². The summed E-state index contributed by atoms with van der Waals surface area (Å²) in [6.45, 7) is 0.193. The lowest BCUT2D eigenvalue weighted by Gasteiger charge is -2.06. The number of hydrogen-bond donors (Lipinski definition) is 3. The molecule has 0 spiro atoms. The second-order valence-electron chi connectivity index (χ2n) is 2.66. The van der Waals surface area contributed by atoms with Crippen LogP contribution in [0.1, 0.15) is 6.42 Å². The monoisotopic (exact) mass is 202 g/mol. The van der Waals surface area contributed by atoms with Crippen LogP contribution in [0.3, 0.4) is 0 Å². The Morgan fingerprint density at radius 1 is 1.36 bits per heavy atom. The fourth-order valence-electron chi connectivity index (χ4n) is 0.923. The van der Waals surface area contributed by atoms with Gasteiger partial charge in [-0.15, -0.1) is 0 Å². The maximum Gasteiger partial charge on any atom is 0.240 e. The van der Waals surface area contributed by atoms with E-state index in [1.807, 2.05) is 0 Å². The molecule has 0 aliphatic rings. The summed E-state index contributed by atoms with van der Waals surface area (Å²) in [6, 6.07) is 5.09. The zero-order chi connectivity index (χ0) is 10.4. The molecule has 0 fully saturated rings. The Kier molecular flexibility index (Phi) is 4.06. The van der Waals surface area contributed by atoms with Gasteiger partial charge in [-0.25, -0.2) is 19.6 Å². The lowest BCUT2D eigenvalue weighted by Crippen LogP contribution is -2.11. The summed E-state index contributed by atoms with van der Waals surface area (Å²) >= 11 is 0. The van der Waals surface area contributed by atoms with Crippen molar-refractivity contribution in [3.05, 3.63) is 18.2 Å². The summed E-state index contributed by atoms with van der Waals surface area (Å²) < 4.78 is 23.6. The number of pyridine rings is 1. The summed E-state index contributed by atoms with van der Waals surface area (Å²) in [7, 11) is 0.